The standard InChI is InChI=1S/C23H21N7O/c1-14(28-22-21-18(25-13-26-22)8-5-9-24-21)19-10-15-6-4-7-17(16-11-27-29(2)12-16)20(15)23(31)30(19)3/h4-14H,1-3H3,(H,25,26,28)/t14-/m0/s1. The summed E-state index contributed by atoms with van der Waals surface area (Å²) in [4.78, 5) is 26.4. The third-order valence-electron chi connectivity index (χ3n) is 5.51. The topological polar surface area (TPSA) is 90.5 Å². The van der Waals surface area contributed by atoms with Crippen molar-refractivity contribution in [2.75, 3.05) is 5.32 Å². The average molecular weight is 411 g/mol. The van der Waals surface area contributed by atoms with Gasteiger partial charge in [-0.05, 0) is 36.1 Å². The van der Waals surface area contributed by atoms with Crippen molar-refractivity contribution in [1.29, 1.82) is 0 Å². The maximum atomic E-state index is 13.4. The van der Waals surface area contributed by atoms with Crippen LogP contribution in [0, 0.1) is 0 Å². The lowest BCUT2D eigenvalue weighted by atomic mass is 10.00. The van der Waals surface area contributed by atoms with Crippen LogP contribution in [0.25, 0.3) is 32.9 Å². The molecule has 0 aliphatic carbocycles. The summed E-state index contributed by atoms with van der Waals surface area (Å²) in [5.41, 5.74) is 4.06. The Morgan fingerprint density at radius 3 is 2.74 bits per heavy atom. The number of aryl methyl sites for hydroxylation is 1. The van der Waals surface area contributed by atoms with Crippen molar-refractivity contribution in [3.05, 3.63) is 77.4 Å². The number of pyridine rings is 2. The average Bonchev–Trinajstić information content (AvgIpc) is 3.22. The molecular formula is C23H21N7O. The fourth-order valence-electron chi connectivity index (χ4n) is 3.96. The largest absolute Gasteiger partial charge is 0.360 e. The molecule has 1 N–H and O–H groups in total. The third kappa shape index (κ3) is 3.22. The molecular weight excluding hydrogens is 390 g/mol. The maximum absolute atomic E-state index is 13.4. The van der Waals surface area contributed by atoms with E-state index in [1.165, 1.54) is 6.33 Å². The second-order valence-corrected chi connectivity index (χ2v) is 7.57. The normalized spacial score (nSPS) is 12.4. The van der Waals surface area contributed by atoms with Crippen molar-refractivity contribution in [3.63, 3.8) is 0 Å². The predicted octanol–water partition coefficient (Wildman–Crippen LogP) is 3.45. The van der Waals surface area contributed by atoms with Crippen LogP contribution in [-0.4, -0.2) is 29.3 Å². The first kappa shape index (κ1) is 18.9. The number of hydrogen-bond donors (Lipinski definition) is 1. The van der Waals surface area contributed by atoms with Gasteiger partial charge in [0.1, 0.15) is 11.8 Å². The molecule has 0 aliphatic heterocycles. The van der Waals surface area contributed by atoms with Gasteiger partial charge >= 0.3 is 0 Å². The van der Waals surface area contributed by atoms with Crippen molar-refractivity contribution < 1.29 is 0 Å². The highest BCUT2D eigenvalue weighted by Crippen LogP contribution is 2.28. The predicted molar refractivity (Wildman–Crippen MR) is 121 cm³/mol. The van der Waals surface area contributed by atoms with E-state index in [1.807, 2.05) is 56.6 Å². The molecule has 0 radical (unpaired) electrons. The van der Waals surface area contributed by atoms with E-state index in [0.29, 0.717) is 16.7 Å². The molecule has 0 bridgehead atoms. The highest BCUT2D eigenvalue weighted by atomic mass is 16.1. The SMILES string of the molecule is C[C@H](Nc1ncnc2cccnc12)c1cc2cccc(-c3cnn(C)c3)c2c(=O)n1C. The van der Waals surface area contributed by atoms with Crippen LogP contribution in [0.3, 0.4) is 0 Å². The first-order valence-corrected chi connectivity index (χ1v) is 9.97. The molecule has 5 aromatic rings. The van der Waals surface area contributed by atoms with Gasteiger partial charge in [-0.1, -0.05) is 18.2 Å². The quantitative estimate of drug-likeness (QED) is 0.487. The van der Waals surface area contributed by atoms with E-state index in [-0.39, 0.29) is 11.6 Å². The van der Waals surface area contributed by atoms with Gasteiger partial charge in [-0.15, -0.1) is 0 Å². The summed E-state index contributed by atoms with van der Waals surface area (Å²) < 4.78 is 3.43. The molecule has 0 aliphatic rings. The van der Waals surface area contributed by atoms with Crippen LogP contribution in [0.5, 0.6) is 0 Å². The van der Waals surface area contributed by atoms with Crippen LogP contribution in [0.2, 0.25) is 0 Å². The Morgan fingerprint density at radius 2 is 1.94 bits per heavy atom. The van der Waals surface area contributed by atoms with E-state index in [0.717, 1.165) is 27.7 Å². The Hall–Kier alpha value is -4.07. The molecule has 1 atom stereocenters. The number of nitrogens with one attached hydrogen (secondary N) is 1. The van der Waals surface area contributed by atoms with E-state index in [1.54, 1.807) is 28.7 Å². The van der Waals surface area contributed by atoms with Crippen LogP contribution in [0.15, 0.2) is 66.1 Å². The van der Waals surface area contributed by atoms with Crippen molar-refractivity contribution in [3.8, 4) is 11.1 Å². The van der Waals surface area contributed by atoms with Crippen LogP contribution >= 0.6 is 0 Å². The van der Waals surface area contributed by atoms with E-state index in [9.17, 15) is 4.79 Å². The number of fused-ring (bicyclic) bond motifs is 2. The molecule has 31 heavy (non-hydrogen) atoms. The van der Waals surface area contributed by atoms with Gasteiger partial charge in [-0.3, -0.25) is 14.5 Å². The number of anilines is 1. The molecule has 4 aromatic heterocycles. The molecule has 1 aromatic carbocycles. The van der Waals surface area contributed by atoms with Crippen LogP contribution < -0.4 is 10.9 Å². The second kappa shape index (κ2) is 7.32. The summed E-state index contributed by atoms with van der Waals surface area (Å²) >= 11 is 0. The van der Waals surface area contributed by atoms with Crippen molar-refractivity contribution in [2.45, 2.75) is 13.0 Å². The van der Waals surface area contributed by atoms with Crippen molar-refractivity contribution >= 4 is 27.6 Å². The van der Waals surface area contributed by atoms with Gasteiger partial charge in [-0.2, -0.15) is 5.10 Å². The fourth-order valence-corrected chi connectivity index (χ4v) is 3.96. The molecule has 8 nitrogen and oxygen atoms in total. The first-order chi connectivity index (χ1) is 15.0. The smallest absolute Gasteiger partial charge is 0.259 e. The van der Waals surface area contributed by atoms with Gasteiger partial charge in [-0.25, -0.2) is 9.97 Å². The molecule has 0 unspecified atom stereocenters. The molecule has 0 saturated heterocycles. The Balaban J connectivity index is 1.61. The number of rotatable bonds is 4. The van der Waals surface area contributed by atoms with Gasteiger partial charge in [0, 0.05) is 37.7 Å². The van der Waals surface area contributed by atoms with Gasteiger partial charge in [0.25, 0.3) is 5.56 Å². The van der Waals surface area contributed by atoms with Crippen LogP contribution in [0.4, 0.5) is 5.82 Å². The summed E-state index contributed by atoms with van der Waals surface area (Å²) in [6.45, 7) is 2.00. The van der Waals surface area contributed by atoms with Crippen molar-refractivity contribution in [2.24, 2.45) is 14.1 Å². The molecule has 0 saturated carbocycles. The summed E-state index contributed by atoms with van der Waals surface area (Å²) in [7, 11) is 3.66. The Bertz CT molecular complexity index is 1480. The molecule has 0 spiro atoms. The highest BCUT2D eigenvalue weighted by molar-refractivity contribution is 5.96. The molecule has 0 amide bonds. The zero-order valence-electron chi connectivity index (χ0n) is 17.4. The second-order valence-electron chi connectivity index (χ2n) is 7.57. The van der Waals surface area contributed by atoms with Crippen LogP contribution in [-0.2, 0) is 14.1 Å². The van der Waals surface area contributed by atoms with E-state index < -0.39 is 0 Å². The molecule has 5 rings (SSSR count). The Morgan fingerprint density at radius 1 is 1.06 bits per heavy atom. The first-order valence-electron chi connectivity index (χ1n) is 9.97. The molecule has 4 heterocycles. The third-order valence-corrected chi connectivity index (χ3v) is 5.51. The Labute approximate surface area is 178 Å². The number of benzene rings is 1. The summed E-state index contributed by atoms with van der Waals surface area (Å²) in [6.07, 6.45) is 6.92. The Kier molecular flexibility index (Phi) is 4.47. The lowest BCUT2D eigenvalue weighted by Crippen LogP contribution is -2.24. The summed E-state index contributed by atoms with van der Waals surface area (Å²) in [6, 6.07) is 11.5. The number of hydrogen-bond acceptors (Lipinski definition) is 6. The molecule has 154 valence electrons. The zero-order chi connectivity index (χ0) is 21.5. The van der Waals surface area contributed by atoms with Gasteiger partial charge in [0.05, 0.1) is 23.1 Å². The summed E-state index contributed by atoms with van der Waals surface area (Å²) in [5.74, 6) is 0.634. The van der Waals surface area contributed by atoms with E-state index in [2.05, 4.69) is 25.4 Å². The number of aromatic nitrogens is 6. The molecule has 0 fully saturated rings. The lowest BCUT2D eigenvalue weighted by Gasteiger charge is -2.20. The van der Waals surface area contributed by atoms with E-state index in [4.69, 9.17) is 0 Å². The zero-order valence-corrected chi connectivity index (χ0v) is 17.4. The minimum absolute atomic E-state index is 0.0497. The maximum Gasteiger partial charge on any atom is 0.259 e. The van der Waals surface area contributed by atoms with E-state index >= 15 is 0 Å². The van der Waals surface area contributed by atoms with Crippen molar-refractivity contribution in [1.82, 2.24) is 29.3 Å². The van der Waals surface area contributed by atoms with Gasteiger partial charge in [0.15, 0.2) is 5.82 Å². The molecule has 8 heteroatoms. The monoisotopic (exact) mass is 411 g/mol. The van der Waals surface area contributed by atoms with Crippen LogP contribution in [0.1, 0.15) is 18.7 Å². The summed E-state index contributed by atoms with van der Waals surface area (Å²) in [5, 5.41) is 9.22. The lowest BCUT2D eigenvalue weighted by molar-refractivity contribution is 0.721. The highest BCUT2D eigenvalue weighted by Gasteiger charge is 2.17. The fraction of sp³-hybridized carbons (Fsp3) is 0.174. The van der Waals surface area contributed by atoms with Gasteiger partial charge < -0.3 is 9.88 Å². The minimum atomic E-state index is -0.177. The number of nitrogens with zero attached hydrogens (tertiary/aromatic N) is 6. The minimum Gasteiger partial charge on any atom is -0.360 e. The van der Waals surface area contributed by atoms with Gasteiger partial charge in [0.2, 0.25) is 0 Å².